The lowest BCUT2D eigenvalue weighted by Gasteiger charge is -2.38. The molecule has 0 aliphatic carbocycles. The minimum Gasteiger partial charge on any atom is -0.358 e. The van der Waals surface area contributed by atoms with Crippen molar-refractivity contribution in [2.45, 2.75) is 32.7 Å². The molecule has 2 N–H and O–H groups in total. The molecule has 0 radical (unpaired) electrons. The number of likely N-dealkylation sites (tertiary alicyclic amines) is 1. The number of rotatable bonds is 2. The number of fused-ring (bicyclic) bond motifs is 2. The summed E-state index contributed by atoms with van der Waals surface area (Å²) in [6.45, 7) is 4.53. The van der Waals surface area contributed by atoms with E-state index in [9.17, 15) is 14.4 Å². The van der Waals surface area contributed by atoms with Crippen LogP contribution in [0.1, 0.15) is 36.4 Å². The van der Waals surface area contributed by atoms with E-state index in [-0.39, 0.29) is 28.7 Å². The van der Waals surface area contributed by atoms with Gasteiger partial charge in [0.05, 0.1) is 33.2 Å². The first-order chi connectivity index (χ1) is 15.4. The van der Waals surface area contributed by atoms with Gasteiger partial charge in [-0.3, -0.25) is 14.4 Å². The number of benzene rings is 1. The van der Waals surface area contributed by atoms with Gasteiger partial charge in [-0.25, -0.2) is 9.97 Å². The quantitative estimate of drug-likeness (QED) is 0.451. The van der Waals surface area contributed by atoms with Crippen molar-refractivity contribution in [3.05, 3.63) is 51.4 Å². The number of aryl methyl sites for hydroxylation is 1. The van der Waals surface area contributed by atoms with E-state index in [1.807, 2.05) is 25.1 Å². The molecule has 0 spiro atoms. The number of piperidine rings is 1. The average Bonchev–Trinajstić information content (AvgIpc) is 3.34. The van der Waals surface area contributed by atoms with E-state index in [1.165, 1.54) is 12.3 Å². The summed E-state index contributed by atoms with van der Waals surface area (Å²) in [6, 6.07) is 7.29. The molecular weight excluding hydrogens is 430 g/mol. The standard InChI is InChI=1S/C22H21N5O4S/c1-11-3-5-17(13-4-6-18-16(7-13)24-12(2)32-18)27(10-11)22(30)20(29)25-14-8-15-19(28)26-31-21(15)23-9-14/h4,6-9,11,17H,3,5,10H2,1-2H3,(H,25,29)(H,26,28). The van der Waals surface area contributed by atoms with Gasteiger partial charge in [-0.2, -0.15) is 5.16 Å². The second-order valence-corrected chi connectivity index (χ2v) is 9.41. The van der Waals surface area contributed by atoms with Gasteiger partial charge in [-0.15, -0.1) is 11.3 Å². The van der Waals surface area contributed by atoms with Crippen LogP contribution in [0.5, 0.6) is 0 Å². The minimum atomic E-state index is -0.768. The molecule has 2 unspecified atom stereocenters. The van der Waals surface area contributed by atoms with Crippen LogP contribution in [0.15, 0.2) is 39.8 Å². The SMILES string of the molecule is Cc1nc2cc(C3CCC(C)CN3C(=O)C(=O)Nc3cnc4o[nH]c(=O)c4c3)ccc2s1. The summed E-state index contributed by atoms with van der Waals surface area (Å²) < 4.78 is 6.02. The Morgan fingerprint density at radius 2 is 2.12 bits per heavy atom. The van der Waals surface area contributed by atoms with Crippen molar-refractivity contribution in [3.8, 4) is 0 Å². The van der Waals surface area contributed by atoms with Gasteiger partial charge in [-0.1, -0.05) is 13.0 Å². The Morgan fingerprint density at radius 1 is 1.28 bits per heavy atom. The zero-order chi connectivity index (χ0) is 22.4. The lowest BCUT2D eigenvalue weighted by atomic mass is 9.89. The molecule has 1 fully saturated rings. The van der Waals surface area contributed by atoms with E-state index in [2.05, 4.69) is 27.4 Å². The number of hydrogen-bond acceptors (Lipinski definition) is 7. The molecule has 1 saturated heterocycles. The van der Waals surface area contributed by atoms with Crippen molar-refractivity contribution >= 4 is 50.2 Å². The molecule has 10 heteroatoms. The lowest BCUT2D eigenvalue weighted by molar-refractivity contribution is -0.146. The van der Waals surface area contributed by atoms with Crippen LogP contribution in [0.4, 0.5) is 5.69 Å². The minimum absolute atomic E-state index is 0.136. The van der Waals surface area contributed by atoms with Crippen molar-refractivity contribution in [1.82, 2.24) is 20.0 Å². The normalized spacial score (nSPS) is 18.9. The van der Waals surface area contributed by atoms with E-state index >= 15 is 0 Å². The first-order valence-corrected chi connectivity index (χ1v) is 11.2. The van der Waals surface area contributed by atoms with Gasteiger partial charge in [0, 0.05) is 6.54 Å². The largest absolute Gasteiger partial charge is 0.358 e. The Balaban J connectivity index is 1.41. The first kappa shape index (κ1) is 20.4. The number of aromatic amines is 1. The number of nitrogens with zero attached hydrogens (tertiary/aromatic N) is 3. The Bertz CT molecular complexity index is 1400. The fraction of sp³-hybridized carbons (Fsp3) is 0.318. The molecule has 32 heavy (non-hydrogen) atoms. The van der Waals surface area contributed by atoms with E-state index in [1.54, 1.807) is 16.2 Å². The Labute approximate surface area is 186 Å². The van der Waals surface area contributed by atoms with Gasteiger partial charge in [0.2, 0.25) is 0 Å². The van der Waals surface area contributed by atoms with Gasteiger partial charge in [0.15, 0.2) is 0 Å². The van der Waals surface area contributed by atoms with E-state index < -0.39 is 17.4 Å². The zero-order valence-electron chi connectivity index (χ0n) is 17.5. The second kappa shape index (κ2) is 7.86. The maximum Gasteiger partial charge on any atom is 0.313 e. The maximum atomic E-state index is 13.2. The number of pyridine rings is 1. The predicted molar refractivity (Wildman–Crippen MR) is 120 cm³/mol. The highest BCUT2D eigenvalue weighted by Crippen LogP contribution is 2.35. The number of anilines is 1. The monoisotopic (exact) mass is 451 g/mol. The van der Waals surface area contributed by atoms with Crippen LogP contribution in [-0.4, -0.2) is 38.4 Å². The Morgan fingerprint density at radius 3 is 2.97 bits per heavy atom. The molecule has 2 atom stereocenters. The summed E-state index contributed by atoms with van der Waals surface area (Å²) in [7, 11) is 0. The Hall–Kier alpha value is -3.53. The number of thiazole rings is 1. The predicted octanol–water partition coefficient (Wildman–Crippen LogP) is 3.37. The average molecular weight is 452 g/mol. The van der Waals surface area contributed by atoms with Crippen molar-refractivity contribution in [3.63, 3.8) is 0 Å². The molecule has 0 bridgehead atoms. The molecule has 1 aliphatic heterocycles. The van der Waals surface area contributed by atoms with Crippen LogP contribution in [0.2, 0.25) is 0 Å². The van der Waals surface area contributed by atoms with Crippen molar-refractivity contribution in [2.24, 2.45) is 5.92 Å². The third kappa shape index (κ3) is 3.66. The smallest absolute Gasteiger partial charge is 0.313 e. The van der Waals surface area contributed by atoms with Crippen molar-refractivity contribution < 1.29 is 14.1 Å². The number of H-pyrrole nitrogens is 1. The highest BCUT2D eigenvalue weighted by molar-refractivity contribution is 7.18. The van der Waals surface area contributed by atoms with Gasteiger partial charge in [0.25, 0.3) is 11.3 Å². The van der Waals surface area contributed by atoms with Crippen LogP contribution >= 0.6 is 11.3 Å². The number of amides is 2. The molecule has 4 aromatic rings. The number of nitrogens with one attached hydrogen (secondary N) is 2. The van der Waals surface area contributed by atoms with Crippen LogP contribution in [0, 0.1) is 12.8 Å². The fourth-order valence-corrected chi connectivity index (χ4v) is 5.03. The zero-order valence-corrected chi connectivity index (χ0v) is 18.4. The highest BCUT2D eigenvalue weighted by Gasteiger charge is 2.34. The van der Waals surface area contributed by atoms with E-state index in [0.29, 0.717) is 6.54 Å². The van der Waals surface area contributed by atoms with Crippen LogP contribution in [0.25, 0.3) is 21.3 Å². The van der Waals surface area contributed by atoms with Crippen LogP contribution < -0.4 is 10.9 Å². The summed E-state index contributed by atoms with van der Waals surface area (Å²) in [5.74, 6) is -1.09. The summed E-state index contributed by atoms with van der Waals surface area (Å²) in [5.41, 5.74) is 1.82. The molecule has 1 aromatic carbocycles. The van der Waals surface area contributed by atoms with E-state index in [0.717, 1.165) is 33.6 Å². The van der Waals surface area contributed by atoms with Crippen molar-refractivity contribution in [1.29, 1.82) is 0 Å². The maximum absolute atomic E-state index is 13.2. The molecule has 9 nitrogen and oxygen atoms in total. The van der Waals surface area contributed by atoms with Gasteiger partial charge >= 0.3 is 11.8 Å². The summed E-state index contributed by atoms with van der Waals surface area (Å²) >= 11 is 1.63. The van der Waals surface area contributed by atoms with Gasteiger partial charge in [0.1, 0.15) is 5.39 Å². The van der Waals surface area contributed by atoms with E-state index in [4.69, 9.17) is 4.52 Å². The first-order valence-electron chi connectivity index (χ1n) is 10.4. The molecule has 5 rings (SSSR count). The van der Waals surface area contributed by atoms with Crippen LogP contribution in [0.3, 0.4) is 0 Å². The third-order valence-corrected chi connectivity index (χ3v) is 6.72. The molecule has 0 saturated carbocycles. The second-order valence-electron chi connectivity index (χ2n) is 8.18. The molecule has 2 amide bonds. The summed E-state index contributed by atoms with van der Waals surface area (Å²) in [6.07, 6.45) is 3.08. The Kier molecular flexibility index (Phi) is 5.01. The topological polar surface area (TPSA) is 121 Å². The fourth-order valence-electron chi connectivity index (χ4n) is 4.22. The number of hydrogen-bond donors (Lipinski definition) is 2. The number of carbonyl (C=O) groups excluding carboxylic acids is 2. The van der Waals surface area contributed by atoms with Crippen molar-refractivity contribution in [2.75, 3.05) is 11.9 Å². The number of carbonyl (C=O) groups is 2. The highest BCUT2D eigenvalue weighted by atomic mass is 32.1. The summed E-state index contributed by atoms with van der Waals surface area (Å²) in [4.78, 5) is 47.9. The number of aromatic nitrogens is 3. The summed E-state index contributed by atoms with van der Waals surface area (Å²) in [5, 5.41) is 5.95. The molecule has 4 heterocycles. The third-order valence-electron chi connectivity index (χ3n) is 5.77. The van der Waals surface area contributed by atoms with Gasteiger partial charge in [-0.05, 0) is 49.4 Å². The van der Waals surface area contributed by atoms with Gasteiger partial charge < -0.3 is 14.7 Å². The molecular formula is C22H21N5O4S. The lowest BCUT2D eigenvalue weighted by Crippen LogP contribution is -2.46. The molecule has 3 aromatic heterocycles. The van der Waals surface area contributed by atoms with Crippen LogP contribution in [-0.2, 0) is 9.59 Å². The molecule has 164 valence electrons. The molecule has 1 aliphatic rings.